The predicted octanol–water partition coefficient (Wildman–Crippen LogP) is 1.51. The van der Waals surface area contributed by atoms with Crippen LogP contribution in [0.25, 0.3) is 0 Å². The van der Waals surface area contributed by atoms with Crippen molar-refractivity contribution in [2.24, 2.45) is 7.05 Å². The van der Waals surface area contributed by atoms with Crippen molar-refractivity contribution in [3.05, 3.63) is 18.0 Å². The van der Waals surface area contributed by atoms with Crippen LogP contribution in [0.3, 0.4) is 0 Å². The van der Waals surface area contributed by atoms with Crippen molar-refractivity contribution in [2.75, 3.05) is 19.0 Å². The Morgan fingerprint density at radius 3 is 2.80 bits per heavy atom. The van der Waals surface area contributed by atoms with Crippen molar-refractivity contribution in [3.63, 3.8) is 0 Å². The van der Waals surface area contributed by atoms with Crippen molar-refractivity contribution < 1.29 is 4.79 Å². The molecule has 0 bridgehead atoms. The van der Waals surface area contributed by atoms with Gasteiger partial charge in [0.2, 0.25) is 0 Å². The highest BCUT2D eigenvalue weighted by Gasteiger charge is 2.16. The van der Waals surface area contributed by atoms with E-state index < -0.39 is 0 Å². The molecule has 0 spiro atoms. The molecule has 4 nitrogen and oxygen atoms in total. The largest absolute Gasteiger partial charge is 0.336 e. The Labute approximate surface area is 94.8 Å². The van der Waals surface area contributed by atoms with Crippen LogP contribution in [0.1, 0.15) is 23.8 Å². The second kappa shape index (κ2) is 5.75. The molecule has 1 rings (SSSR count). The molecule has 0 unspecified atom stereocenters. The molecule has 1 aromatic rings. The highest BCUT2D eigenvalue weighted by Crippen LogP contribution is 2.04. The van der Waals surface area contributed by atoms with Gasteiger partial charge in [-0.05, 0) is 12.5 Å². The molecule has 0 radical (unpaired) electrons. The Bertz CT molecular complexity index is 318. The van der Waals surface area contributed by atoms with Crippen LogP contribution in [0, 0.1) is 0 Å². The number of aryl methyl sites for hydroxylation is 1. The van der Waals surface area contributed by atoms with Crippen LogP contribution in [-0.4, -0.2) is 39.6 Å². The molecular weight excluding hydrogens is 214 g/mol. The fourth-order valence-electron chi connectivity index (χ4n) is 1.43. The highest BCUT2D eigenvalue weighted by atomic mass is 35.5. The summed E-state index contributed by atoms with van der Waals surface area (Å²) < 4.78 is 1.58. The number of alkyl halides is 1. The molecule has 0 aliphatic rings. The van der Waals surface area contributed by atoms with E-state index in [0.717, 1.165) is 13.0 Å². The van der Waals surface area contributed by atoms with Crippen molar-refractivity contribution in [1.29, 1.82) is 0 Å². The molecular formula is C10H16ClN3O. The van der Waals surface area contributed by atoms with Gasteiger partial charge in [0.1, 0.15) is 5.69 Å². The summed E-state index contributed by atoms with van der Waals surface area (Å²) in [7, 11) is 1.76. The Morgan fingerprint density at radius 2 is 2.33 bits per heavy atom. The van der Waals surface area contributed by atoms with Crippen LogP contribution in [0.5, 0.6) is 0 Å². The molecule has 1 aromatic heterocycles. The lowest BCUT2D eigenvalue weighted by atomic mass is 10.3. The first-order valence-electron chi connectivity index (χ1n) is 5.04. The summed E-state index contributed by atoms with van der Waals surface area (Å²) in [5.74, 6) is 0.460. The fraction of sp³-hybridized carbons (Fsp3) is 0.600. The monoisotopic (exact) mass is 229 g/mol. The summed E-state index contributed by atoms with van der Waals surface area (Å²) in [6.45, 7) is 3.36. The molecule has 0 atom stereocenters. The van der Waals surface area contributed by atoms with Gasteiger partial charge in [0.15, 0.2) is 0 Å². The summed E-state index contributed by atoms with van der Waals surface area (Å²) >= 11 is 5.66. The number of carbonyl (C=O) groups excluding carboxylic acids is 1. The first kappa shape index (κ1) is 12.0. The topological polar surface area (TPSA) is 38.1 Å². The van der Waals surface area contributed by atoms with Gasteiger partial charge in [-0.3, -0.25) is 9.48 Å². The van der Waals surface area contributed by atoms with Gasteiger partial charge in [0.05, 0.1) is 0 Å². The number of hydrogen-bond acceptors (Lipinski definition) is 2. The maximum atomic E-state index is 12.0. The number of rotatable bonds is 5. The summed E-state index contributed by atoms with van der Waals surface area (Å²) in [5.41, 5.74) is 0.605. The predicted molar refractivity (Wildman–Crippen MR) is 60.1 cm³/mol. The standard InChI is InChI=1S/C10H16ClN3O/c1-3-7-14(8-5-11)10(15)9-4-6-12-13(9)2/h4,6H,3,5,7-8H2,1-2H3. The van der Waals surface area contributed by atoms with Crippen LogP contribution < -0.4 is 0 Å². The quantitative estimate of drug-likeness (QED) is 0.718. The van der Waals surface area contributed by atoms with Crippen LogP contribution in [-0.2, 0) is 7.05 Å². The maximum Gasteiger partial charge on any atom is 0.272 e. The van der Waals surface area contributed by atoms with Gasteiger partial charge in [-0.25, -0.2) is 0 Å². The van der Waals surface area contributed by atoms with Crippen LogP contribution in [0.4, 0.5) is 0 Å². The number of halogens is 1. The van der Waals surface area contributed by atoms with E-state index in [1.54, 1.807) is 28.9 Å². The smallest absolute Gasteiger partial charge is 0.272 e. The van der Waals surface area contributed by atoms with E-state index in [1.807, 2.05) is 6.92 Å². The molecule has 0 saturated heterocycles. The zero-order chi connectivity index (χ0) is 11.3. The normalized spacial score (nSPS) is 10.3. The summed E-state index contributed by atoms with van der Waals surface area (Å²) in [5, 5.41) is 3.98. The fourth-order valence-corrected chi connectivity index (χ4v) is 1.64. The average Bonchev–Trinajstić information content (AvgIpc) is 2.63. The van der Waals surface area contributed by atoms with Gasteiger partial charge in [0.25, 0.3) is 5.91 Å². The zero-order valence-electron chi connectivity index (χ0n) is 9.11. The summed E-state index contributed by atoms with van der Waals surface area (Å²) in [6, 6.07) is 1.72. The van der Waals surface area contributed by atoms with Crippen molar-refractivity contribution in [3.8, 4) is 0 Å². The Morgan fingerprint density at radius 1 is 1.60 bits per heavy atom. The Balaban J connectivity index is 2.76. The molecule has 0 aliphatic heterocycles. The molecule has 1 heterocycles. The van der Waals surface area contributed by atoms with Crippen LogP contribution in [0.2, 0.25) is 0 Å². The molecule has 0 N–H and O–H groups in total. The third kappa shape index (κ3) is 2.96. The minimum atomic E-state index is -0.00231. The van der Waals surface area contributed by atoms with Crippen LogP contribution >= 0.6 is 11.6 Å². The van der Waals surface area contributed by atoms with Crippen molar-refractivity contribution in [2.45, 2.75) is 13.3 Å². The number of aromatic nitrogens is 2. The molecule has 0 fully saturated rings. The zero-order valence-corrected chi connectivity index (χ0v) is 9.87. The molecule has 84 valence electrons. The average molecular weight is 230 g/mol. The van der Waals surface area contributed by atoms with Gasteiger partial charge >= 0.3 is 0 Å². The lowest BCUT2D eigenvalue weighted by molar-refractivity contribution is 0.0754. The molecule has 1 amide bonds. The lowest BCUT2D eigenvalue weighted by Gasteiger charge is -2.20. The first-order valence-corrected chi connectivity index (χ1v) is 5.57. The second-order valence-corrected chi connectivity index (χ2v) is 3.70. The highest BCUT2D eigenvalue weighted by molar-refractivity contribution is 6.18. The number of nitrogens with zero attached hydrogens (tertiary/aromatic N) is 3. The Kier molecular flexibility index (Phi) is 4.62. The summed E-state index contributed by atoms with van der Waals surface area (Å²) in [4.78, 5) is 13.8. The second-order valence-electron chi connectivity index (χ2n) is 3.32. The van der Waals surface area contributed by atoms with E-state index in [2.05, 4.69) is 5.10 Å². The SMILES string of the molecule is CCCN(CCCl)C(=O)c1ccnn1C. The molecule has 0 aromatic carbocycles. The number of amides is 1. The molecule has 0 saturated carbocycles. The first-order chi connectivity index (χ1) is 7.20. The van der Waals surface area contributed by atoms with E-state index in [0.29, 0.717) is 18.1 Å². The van der Waals surface area contributed by atoms with E-state index in [4.69, 9.17) is 11.6 Å². The molecule has 0 aliphatic carbocycles. The third-order valence-electron chi connectivity index (χ3n) is 2.18. The van der Waals surface area contributed by atoms with Gasteiger partial charge in [0, 0.05) is 32.2 Å². The van der Waals surface area contributed by atoms with Crippen LogP contribution in [0.15, 0.2) is 12.3 Å². The van der Waals surface area contributed by atoms with Gasteiger partial charge < -0.3 is 4.90 Å². The minimum absolute atomic E-state index is 0.00231. The third-order valence-corrected chi connectivity index (χ3v) is 2.34. The minimum Gasteiger partial charge on any atom is -0.336 e. The number of carbonyl (C=O) groups is 1. The van der Waals surface area contributed by atoms with Crippen molar-refractivity contribution >= 4 is 17.5 Å². The van der Waals surface area contributed by atoms with Gasteiger partial charge in [-0.2, -0.15) is 5.10 Å². The summed E-state index contributed by atoms with van der Waals surface area (Å²) in [6.07, 6.45) is 2.55. The van der Waals surface area contributed by atoms with Gasteiger partial charge in [-0.1, -0.05) is 6.92 Å². The molecule has 5 heteroatoms. The van der Waals surface area contributed by atoms with Gasteiger partial charge in [-0.15, -0.1) is 11.6 Å². The van der Waals surface area contributed by atoms with E-state index in [-0.39, 0.29) is 5.91 Å². The number of hydrogen-bond donors (Lipinski definition) is 0. The van der Waals surface area contributed by atoms with E-state index >= 15 is 0 Å². The molecule has 15 heavy (non-hydrogen) atoms. The van der Waals surface area contributed by atoms with Crippen molar-refractivity contribution in [1.82, 2.24) is 14.7 Å². The lowest BCUT2D eigenvalue weighted by Crippen LogP contribution is -2.34. The maximum absolute atomic E-state index is 12.0. The van der Waals surface area contributed by atoms with E-state index in [9.17, 15) is 4.79 Å². The Hall–Kier alpha value is -1.03. The van der Waals surface area contributed by atoms with E-state index in [1.165, 1.54) is 0 Å².